The maximum atomic E-state index is 11.2. The monoisotopic (exact) mass is 472 g/mol. The number of rotatable bonds is 9. The quantitative estimate of drug-likeness (QED) is 0.211. The van der Waals surface area contributed by atoms with Gasteiger partial charge in [0.05, 0.1) is 26.5 Å². The molecule has 0 unspecified atom stereocenters. The van der Waals surface area contributed by atoms with Gasteiger partial charge in [-0.2, -0.15) is 0 Å². The molecule has 0 aliphatic heterocycles. The van der Waals surface area contributed by atoms with Crippen molar-refractivity contribution >= 4 is 40.0 Å². The first-order chi connectivity index (χ1) is 10.9. The summed E-state index contributed by atoms with van der Waals surface area (Å²) in [6.45, 7) is 2.57. The van der Waals surface area contributed by atoms with Crippen LogP contribution in [0, 0.1) is 0 Å². The van der Waals surface area contributed by atoms with E-state index < -0.39 is 10.0 Å². The molecule has 8 nitrogen and oxygen atoms in total. The molecule has 0 atom stereocenters. The first-order valence-electron chi connectivity index (χ1n) is 7.14. The topological polar surface area (TPSA) is 115 Å². The average molecular weight is 472 g/mol. The molecule has 10 heteroatoms. The fourth-order valence-electron chi connectivity index (χ4n) is 1.71. The second-order valence-electron chi connectivity index (χ2n) is 4.62. The standard InChI is InChI=1S/C14H24N4O4S.HI/c1-4-23(19,20)18-8-7-16-14(15)17-10-11-5-6-12(21-2)13(9-11)22-3;/h5-6,9,18H,4,7-8,10H2,1-3H3,(H3,15,16,17);1H. The number of aliphatic imine (C=N–C) groups is 1. The van der Waals surface area contributed by atoms with E-state index in [9.17, 15) is 8.42 Å². The number of sulfonamides is 1. The van der Waals surface area contributed by atoms with Gasteiger partial charge in [0.15, 0.2) is 17.5 Å². The van der Waals surface area contributed by atoms with Crippen molar-refractivity contribution < 1.29 is 17.9 Å². The Morgan fingerprint density at radius 3 is 2.46 bits per heavy atom. The third-order valence-corrected chi connectivity index (χ3v) is 4.42. The highest BCUT2D eigenvalue weighted by atomic mass is 127. The van der Waals surface area contributed by atoms with E-state index in [0.29, 0.717) is 24.6 Å². The summed E-state index contributed by atoms with van der Waals surface area (Å²) in [5, 5.41) is 2.85. The van der Waals surface area contributed by atoms with Crippen LogP contribution >= 0.6 is 24.0 Å². The van der Waals surface area contributed by atoms with Crippen LogP contribution in [-0.4, -0.2) is 47.4 Å². The van der Waals surface area contributed by atoms with Gasteiger partial charge in [-0.1, -0.05) is 6.07 Å². The molecular formula is C14H25IN4O4S. The van der Waals surface area contributed by atoms with Gasteiger partial charge in [-0.25, -0.2) is 18.1 Å². The summed E-state index contributed by atoms with van der Waals surface area (Å²) in [7, 11) is -0.0421. The molecule has 0 radical (unpaired) electrons. The molecule has 0 amide bonds. The maximum absolute atomic E-state index is 11.2. The summed E-state index contributed by atoms with van der Waals surface area (Å²) < 4.78 is 35.3. The van der Waals surface area contributed by atoms with Crippen molar-refractivity contribution in [1.82, 2.24) is 10.0 Å². The third kappa shape index (κ3) is 8.02. The van der Waals surface area contributed by atoms with Gasteiger partial charge in [0.1, 0.15) is 0 Å². The molecule has 0 aliphatic rings. The first-order valence-corrected chi connectivity index (χ1v) is 8.79. The summed E-state index contributed by atoms with van der Waals surface area (Å²) >= 11 is 0. The predicted molar refractivity (Wildman–Crippen MR) is 106 cm³/mol. The molecule has 0 aliphatic carbocycles. The molecule has 0 aromatic heterocycles. The number of methoxy groups -OCH3 is 2. The molecule has 1 rings (SSSR count). The minimum Gasteiger partial charge on any atom is -0.493 e. The number of guanidine groups is 1. The minimum absolute atomic E-state index is 0. The van der Waals surface area contributed by atoms with E-state index in [1.54, 1.807) is 27.2 Å². The molecule has 24 heavy (non-hydrogen) atoms. The highest BCUT2D eigenvalue weighted by Gasteiger charge is 2.05. The van der Waals surface area contributed by atoms with Gasteiger partial charge in [0.25, 0.3) is 0 Å². The van der Waals surface area contributed by atoms with Gasteiger partial charge in [0, 0.05) is 13.1 Å². The molecule has 138 valence electrons. The average Bonchev–Trinajstić information content (AvgIpc) is 2.56. The lowest BCUT2D eigenvalue weighted by molar-refractivity contribution is 0.354. The highest BCUT2D eigenvalue weighted by molar-refractivity contribution is 14.0. The van der Waals surface area contributed by atoms with Crippen LogP contribution in [0.1, 0.15) is 12.5 Å². The molecular weight excluding hydrogens is 447 g/mol. The number of hydrogen-bond donors (Lipinski definition) is 3. The number of nitrogens with one attached hydrogen (secondary N) is 2. The van der Waals surface area contributed by atoms with Crippen LogP contribution in [0.25, 0.3) is 0 Å². The van der Waals surface area contributed by atoms with Crippen LogP contribution in [0.2, 0.25) is 0 Å². The molecule has 1 aromatic carbocycles. The lowest BCUT2D eigenvalue weighted by Gasteiger charge is -2.09. The molecule has 0 bridgehead atoms. The van der Waals surface area contributed by atoms with Crippen LogP contribution in [0.4, 0.5) is 0 Å². The zero-order valence-corrected chi connectivity index (χ0v) is 17.2. The number of benzene rings is 1. The van der Waals surface area contributed by atoms with Crippen LogP contribution in [0.15, 0.2) is 23.2 Å². The fraction of sp³-hybridized carbons (Fsp3) is 0.500. The van der Waals surface area contributed by atoms with Gasteiger partial charge in [-0.05, 0) is 24.6 Å². The van der Waals surface area contributed by atoms with Gasteiger partial charge in [-0.3, -0.25) is 0 Å². The summed E-state index contributed by atoms with van der Waals surface area (Å²) in [5.41, 5.74) is 6.65. The normalized spacial score (nSPS) is 11.5. The molecule has 0 saturated carbocycles. The predicted octanol–water partition coefficient (Wildman–Crippen LogP) is 0.665. The Morgan fingerprint density at radius 2 is 1.88 bits per heavy atom. The van der Waals surface area contributed by atoms with E-state index >= 15 is 0 Å². The molecule has 0 fully saturated rings. The summed E-state index contributed by atoms with van der Waals surface area (Å²) in [6, 6.07) is 5.49. The third-order valence-electron chi connectivity index (χ3n) is 3.01. The lowest BCUT2D eigenvalue weighted by Crippen LogP contribution is -2.38. The van der Waals surface area contributed by atoms with Gasteiger partial charge >= 0.3 is 0 Å². The number of nitrogens with two attached hydrogens (primary N) is 1. The maximum Gasteiger partial charge on any atom is 0.211 e. The fourth-order valence-corrected chi connectivity index (χ4v) is 2.33. The van der Waals surface area contributed by atoms with E-state index in [-0.39, 0.29) is 42.2 Å². The molecule has 4 N–H and O–H groups in total. The zero-order valence-electron chi connectivity index (χ0n) is 14.0. The Labute approximate surface area is 160 Å². The minimum atomic E-state index is -3.18. The smallest absolute Gasteiger partial charge is 0.211 e. The van der Waals surface area contributed by atoms with Crippen LogP contribution < -0.4 is 25.2 Å². The molecule has 1 aromatic rings. The van der Waals surface area contributed by atoms with Crippen molar-refractivity contribution in [3.8, 4) is 11.5 Å². The first kappa shape index (κ1) is 22.7. The van der Waals surface area contributed by atoms with E-state index in [1.165, 1.54) is 0 Å². The summed E-state index contributed by atoms with van der Waals surface area (Å²) in [6.07, 6.45) is 0. The Balaban J connectivity index is 0.00000529. The van der Waals surface area contributed by atoms with E-state index in [2.05, 4.69) is 15.0 Å². The van der Waals surface area contributed by atoms with Gasteiger partial charge in [-0.15, -0.1) is 24.0 Å². The number of hydrogen-bond acceptors (Lipinski definition) is 5. The Hall–Kier alpha value is -1.27. The zero-order chi connectivity index (χ0) is 17.3. The second-order valence-corrected chi connectivity index (χ2v) is 6.71. The van der Waals surface area contributed by atoms with Crippen molar-refractivity contribution in [2.24, 2.45) is 10.7 Å². The van der Waals surface area contributed by atoms with Crippen LogP contribution in [-0.2, 0) is 16.6 Å². The van der Waals surface area contributed by atoms with Crippen molar-refractivity contribution in [1.29, 1.82) is 0 Å². The van der Waals surface area contributed by atoms with Crippen molar-refractivity contribution in [2.45, 2.75) is 13.5 Å². The van der Waals surface area contributed by atoms with Crippen molar-refractivity contribution in [3.05, 3.63) is 23.8 Å². The van der Waals surface area contributed by atoms with E-state index in [4.69, 9.17) is 15.2 Å². The number of nitrogens with zero attached hydrogens (tertiary/aromatic N) is 1. The van der Waals surface area contributed by atoms with Gasteiger partial charge in [0.2, 0.25) is 10.0 Å². The molecule has 0 saturated heterocycles. The van der Waals surface area contributed by atoms with E-state index in [0.717, 1.165) is 5.56 Å². The lowest BCUT2D eigenvalue weighted by atomic mass is 10.2. The Kier molecular flexibility index (Phi) is 10.7. The van der Waals surface area contributed by atoms with Crippen LogP contribution in [0.5, 0.6) is 11.5 Å². The molecule has 0 heterocycles. The Morgan fingerprint density at radius 1 is 1.21 bits per heavy atom. The highest BCUT2D eigenvalue weighted by Crippen LogP contribution is 2.27. The summed E-state index contributed by atoms with van der Waals surface area (Å²) in [4.78, 5) is 4.19. The number of ether oxygens (including phenoxy) is 2. The second kappa shape index (κ2) is 11.3. The van der Waals surface area contributed by atoms with E-state index in [1.807, 2.05) is 12.1 Å². The molecule has 0 spiro atoms. The Bertz CT molecular complexity index is 638. The van der Waals surface area contributed by atoms with Crippen LogP contribution in [0.3, 0.4) is 0 Å². The summed E-state index contributed by atoms with van der Waals surface area (Å²) in [5.74, 6) is 1.57. The largest absolute Gasteiger partial charge is 0.493 e. The van der Waals surface area contributed by atoms with Crippen molar-refractivity contribution in [3.63, 3.8) is 0 Å². The van der Waals surface area contributed by atoms with Gasteiger partial charge < -0.3 is 20.5 Å². The SMILES string of the molecule is CCS(=O)(=O)NCCNC(N)=NCc1ccc(OC)c(OC)c1.I. The van der Waals surface area contributed by atoms with Crippen molar-refractivity contribution in [2.75, 3.05) is 33.1 Å². The number of halogens is 1.